The van der Waals surface area contributed by atoms with E-state index < -0.39 is 0 Å². The number of aliphatic hydroxyl groups is 1. The molecule has 6 heavy (non-hydrogen) atoms. The van der Waals surface area contributed by atoms with Crippen LogP contribution in [-0.4, -0.2) is 51.3 Å². The normalized spacial score (nSPS) is 7.00. The minimum absolute atomic E-state index is 0. The van der Waals surface area contributed by atoms with E-state index in [4.69, 9.17) is 5.11 Å². The number of hydrogen-bond donors (Lipinski definition) is 1. The van der Waals surface area contributed by atoms with Crippen LogP contribution in [0, 0.1) is 0 Å². The molecule has 0 aliphatic heterocycles. The second-order valence-electron chi connectivity index (χ2n) is 0.716. The molecular formula is C3H11InO2. The molecule has 0 aliphatic carbocycles. The van der Waals surface area contributed by atoms with Gasteiger partial charge in [-0.05, 0) is 0 Å². The van der Waals surface area contributed by atoms with Crippen LogP contribution in [0.25, 0.3) is 0 Å². The van der Waals surface area contributed by atoms with Crippen molar-refractivity contribution in [3.05, 3.63) is 0 Å². The molecule has 0 saturated carbocycles. The van der Waals surface area contributed by atoms with Gasteiger partial charge < -0.3 is 9.84 Å². The van der Waals surface area contributed by atoms with E-state index in [-0.39, 0.29) is 32.5 Å². The second kappa shape index (κ2) is 9.25. The van der Waals surface area contributed by atoms with Gasteiger partial charge in [0.2, 0.25) is 0 Å². The van der Waals surface area contributed by atoms with Crippen LogP contribution in [0.2, 0.25) is 0 Å². The third-order valence-electron chi connectivity index (χ3n) is 0.295. The quantitative estimate of drug-likeness (QED) is 0.576. The van der Waals surface area contributed by atoms with E-state index in [1.165, 1.54) is 0 Å². The summed E-state index contributed by atoms with van der Waals surface area (Å²) in [7, 11) is 1.55. The summed E-state index contributed by atoms with van der Waals surface area (Å²) in [6.07, 6.45) is 0. The maximum absolute atomic E-state index is 7.94. The molecule has 0 heterocycles. The van der Waals surface area contributed by atoms with Crippen LogP contribution in [-0.2, 0) is 4.74 Å². The molecular weight excluding hydrogens is 183 g/mol. The summed E-state index contributed by atoms with van der Waals surface area (Å²) in [6, 6.07) is 0. The third-order valence-corrected chi connectivity index (χ3v) is 0.295. The van der Waals surface area contributed by atoms with Crippen LogP contribution in [0.15, 0.2) is 0 Å². The monoisotopic (exact) mass is 194 g/mol. The van der Waals surface area contributed by atoms with Gasteiger partial charge in [0, 0.05) is 7.11 Å². The Labute approximate surface area is 56.3 Å². The summed E-state index contributed by atoms with van der Waals surface area (Å²) in [5, 5.41) is 7.94. The molecule has 0 unspecified atom stereocenters. The van der Waals surface area contributed by atoms with Gasteiger partial charge in [-0.25, -0.2) is 0 Å². The summed E-state index contributed by atoms with van der Waals surface area (Å²) >= 11 is 0. The summed E-state index contributed by atoms with van der Waals surface area (Å²) in [5.41, 5.74) is 0. The van der Waals surface area contributed by atoms with Crippen LogP contribution >= 0.6 is 0 Å². The molecule has 0 amide bonds. The Morgan fingerprint density at radius 2 is 2.17 bits per heavy atom. The Morgan fingerprint density at radius 3 is 2.17 bits per heavy atom. The first-order valence-corrected chi connectivity index (χ1v) is 1.51. The minimum atomic E-state index is 0. The average Bonchev–Trinajstić information content (AvgIpc) is 1.41. The fourth-order valence-corrected chi connectivity index (χ4v) is 0.0913. The molecule has 0 aromatic carbocycles. The Balaban J connectivity index is 0. The number of methoxy groups -OCH3 is 1. The van der Waals surface area contributed by atoms with E-state index in [9.17, 15) is 0 Å². The average molecular weight is 194 g/mol. The standard InChI is InChI=1S/C3H8O2.In.3H/c1-5-3-2-4;;;;/h4H,2-3H2,1H3;;;;. The van der Waals surface area contributed by atoms with E-state index in [2.05, 4.69) is 4.74 Å². The molecule has 0 fully saturated rings. The molecule has 0 rings (SSSR count). The van der Waals surface area contributed by atoms with E-state index >= 15 is 0 Å². The van der Waals surface area contributed by atoms with Crippen LogP contribution in [0.4, 0.5) is 0 Å². The number of aliphatic hydroxyl groups excluding tert-OH is 1. The number of rotatable bonds is 2. The van der Waals surface area contributed by atoms with Gasteiger partial charge >= 0.3 is 25.8 Å². The topological polar surface area (TPSA) is 29.5 Å². The molecule has 0 aromatic heterocycles. The van der Waals surface area contributed by atoms with Crippen molar-refractivity contribution < 1.29 is 9.84 Å². The molecule has 0 saturated heterocycles. The van der Waals surface area contributed by atoms with Crippen molar-refractivity contribution in [2.45, 2.75) is 0 Å². The van der Waals surface area contributed by atoms with Crippen molar-refractivity contribution >= 4 is 25.8 Å². The summed E-state index contributed by atoms with van der Waals surface area (Å²) in [6.45, 7) is 0.566. The molecule has 3 heteroatoms. The zero-order valence-corrected chi connectivity index (χ0v) is 3.27. The van der Waals surface area contributed by atoms with Crippen molar-refractivity contribution in [1.82, 2.24) is 0 Å². The maximum atomic E-state index is 7.94. The predicted molar refractivity (Wildman–Crippen MR) is 28.9 cm³/mol. The van der Waals surface area contributed by atoms with Crippen LogP contribution < -0.4 is 0 Å². The van der Waals surface area contributed by atoms with E-state index in [1.807, 2.05) is 0 Å². The van der Waals surface area contributed by atoms with Crippen LogP contribution in [0.1, 0.15) is 0 Å². The molecule has 0 spiro atoms. The van der Waals surface area contributed by atoms with Crippen molar-refractivity contribution in [3.63, 3.8) is 0 Å². The molecule has 0 atom stereocenters. The first-order valence-electron chi connectivity index (χ1n) is 1.51. The SMILES string of the molecule is COCCO.[InH3]. The van der Waals surface area contributed by atoms with Gasteiger partial charge in [0.15, 0.2) is 0 Å². The summed E-state index contributed by atoms with van der Waals surface area (Å²) in [4.78, 5) is 0. The zero-order chi connectivity index (χ0) is 4.12. The van der Waals surface area contributed by atoms with Crippen molar-refractivity contribution in [1.29, 1.82) is 0 Å². The molecule has 0 bridgehead atoms. The van der Waals surface area contributed by atoms with Gasteiger partial charge in [0.05, 0.1) is 13.2 Å². The summed E-state index contributed by atoms with van der Waals surface area (Å²) < 4.78 is 4.44. The Bertz CT molecular complexity index is 16.3. The van der Waals surface area contributed by atoms with Gasteiger partial charge in [-0.3, -0.25) is 0 Å². The van der Waals surface area contributed by atoms with Gasteiger partial charge in [-0.1, -0.05) is 0 Å². The molecule has 1 N–H and O–H groups in total. The van der Waals surface area contributed by atoms with Gasteiger partial charge in [0.1, 0.15) is 0 Å². The Hall–Kier alpha value is 0.790. The first-order chi connectivity index (χ1) is 2.41. The number of ether oxygens (including phenoxy) is 1. The Morgan fingerprint density at radius 1 is 1.67 bits per heavy atom. The number of hydrogen-bond acceptors (Lipinski definition) is 2. The van der Waals surface area contributed by atoms with E-state index in [1.54, 1.807) is 7.11 Å². The molecule has 2 nitrogen and oxygen atoms in total. The Kier molecular flexibility index (Phi) is 15.3. The fraction of sp³-hybridized carbons (Fsp3) is 1.00. The molecule has 0 aromatic rings. The molecule has 38 valence electrons. The van der Waals surface area contributed by atoms with Gasteiger partial charge in [-0.15, -0.1) is 0 Å². The zero-order valence-electron chi connectivity index (χ0n) is 3.27. The van der Waals surface area contributed by atoms with Gasteiger partial charge in [0.25, 0.3) is 0 Å². The van der Waals surface area contributed by atoms with E-state index in [0.29, 0.717) is 6.61 Å². The van der Waals surface area contributed by atoms with Crippen LogP contribution in [0.3, 0.4) is 0 Å². The van der Waals surface area contributed by atoms with Crippen molar-refractivity contribution in [2.75, 3.05) is 20.3 Å². The molecule has 0 radical (unpaired) electrons. The predicted octanol–water partition coefficient (Wildman–Crippen LogP) is -1.56. The fourth-order valence-electron chi connectivity index (χ4n) is 0.0913. The van der Waals surface area contributed by atoms with Crippen molar-refractivity contribution in [2.24, 2.45) is 0 Å². The van der Waals surface area contributed by atoms with Crippen molar-refractivity contribution in [3.8, 4) is 0 Å². The van der Waals surface area contributed by atoms with E-state index in [0.717, 1.165) is 0 Å². The van der Waals surface area contributed by atoms with Gasteiger partial charge in [-0.2, -0.15) is 0 Å². The van der Waals surface area contributed by atoms with Crippen LogP contribution in [0.5, 0.6) is 0 Å². The molecule has 0 aliphatic rings. The third kappa shape index (κ3) is 8.84. The summed E-state index contributed by atoms with van der Waals surface area (Å²) in [5.74, 6) is 0. The second-order valence-corrected chi connectivity index (χ2v) is 0.716. The first kappa shape index (κ1) is 9.92.